The number of allylic oxidation sites excluding steroid dienone is 6. The molecule has 7 nitrogen and oxygen atoms in total. The van der Waals surface area contributed by atoms with Crippen molar-refractivity contribution in [3.63, 3.8) is 0 Å². The number of carbonyl (C=O) groups is 3. The molecule has 0 bridgehead atoms. The van der Waals surface area contributed by atoms with Gasteiger partial charge >= 0.3 is 0 Å². The number of aldehydes is 1. The molecule has 7 heteroatoms. The monoisotopic (exact) mass is 726 g/mol. The summed E-state index contributed by atoms with van der Waals surface area (Å²) in [4.78, 5) is 47.3. The van der Waals surface area contributed by atoms with Crippen LogP contribution in [0.5, 0.6) is 0 Å². The van der Waals surface area contributed by atoms with Gasteiger partial charge in [-0.1, -0.05) is 60.2 Å². The van der Waals surface area contributed by atoms with Crippen molar-refractivity contribution in [2.24, 2.45) is 4.99 Å². The first kappa shape index (κ1) is 39.5. The van der Waals surface area contributed by atoms with Crippen LogP contribution in [0.2, 0.25) is 0 Å². The molecule has 55 heavy (non-hydrogen) atoms. The smallest absolute Gasteiger partial charge is 0.268 e. The largest absolute Gasteiger partial charge is 0.308 e. The lowest BCUT2D eigenvalue weighted by atomic mass is 10.0. The summed E-state index contributed by atoms with van der Waals surface area (Å²) in [5.74, 6) is -0.625. The van der Waals surface area contributed by atoms with Crippen LogP contribution >= 0.6 is 0 Å². The van der Waals surface area contributed by atoms with Crippen LogP contribution in [0.3, 0.4) is 0 Å². The van der Waals surface area contributed by atoms with Gasteiger partial charge < -0.3 is 4.57 Å². The van der Waals surface area contributed by atoms with Crippen LogP contribution < -0.4 is 4.90 Å². The lowest BCUT2D eigenvalue weighted by molar-refractivity contribution is -0.104. The third-order valence-electron chi connectivity index (χ3n) is 9.00. The van der Waals surface area contributed by atoms with Crippen LogP contribution in [0, 0.1) is 20.8 Å². The molecule has 2 amide bonds. The average molecular weight is 727 g/mol. The molecule has 7 rings (SSSR count). The lowest BCUT2D eigenvalue weighted by Crippen LogP contribution is -2.31. The standard InChI is InChI=1S/C40H32N4O2.C4H6O.C4H8/c1-6-27(14-17-41-5)29-10-12-34-32(22-29)33-23-30(28-15-18-42-19-16-28)11-13-35(33)43(34)36-9-7-8-31-37(36)40(46)44(39(31)45)38-25(3)20-24(2)21-26(38)4;1-2-3-4-5;1-4(2)3/h6-23H,1H2,2-5H3;2-4H,1H3;1H2,2-3H3/b27-14+,41-17?;3-2+;. The van der Waals surface area contributed by atoms with E-state index in [0.29, 0.717) is 22.5 Å². The molecule has 0 aliphatic carbocycles. The molecule has 2 aromatic heterocycles. The van der Waals surface area contributed by atoms with Gasteiger partial charge in [0, 0.05) is 36.4 Å². The molecule has 0 atom stereocenters. The summed E-state index contributed by atoms with van der Waals surface area (Å²) >= 11 is 0. The van der Waals surface area contributed by atoms with E-state index < -0.39 is 0 Å². The molecule has 0 saturated heterocycles. The zero-order valence-electron chi connectivity index (χ0n) is 32.6. The number of benzene rings is 4. The average Bonchev–Trinajstić information content (AvgIpc) is 3.62. The first-order chi connectivity index (χ1) is 26.5. The van der Waals surface area contributed by atoms with Gasteiger partial charge in [0.25, 0.3) is 11.8 Å². The minimum Gasteiger partial charge on any atom is -0.308 e. The second-order valence-corrected chi connectivity index (χ2v) is 13.5. The SMILES string of the molecule is C/C=C/C=O.C=C(C)C.C=C/C(=C\C=NC)c1ccc2c(c1)c1cc(-c3ccncc3)ccc1n2-c1cccc2c1C(=O)N(c1c(C)cc(C)cc1C)C2=O. The van der Waals surface area contributed by atoms with Gasteiger partial charge in [-0.3, -0.25) is 24.4 Å². The van der Waals surface area contributed by atoms with Crippen LogP contribution in [0.4, 0.5) is 5.69 Å². The van der Waals surface area contributed by atoms with E-state index in [1.54, 1.807) is 44.7 Å². The summed E-state index contributed by atoms with van der Waals surface area (Å²) in [5.41, 5.74) is 12.1. The Morgan fingerprint density at radius 3 is 2.04 bits per heavy atom. The van der Waals surface area contributed by atoms with Crippen molar-refractivity contribution >= 4 is 57.4 Å². The summed E-state index contributed by atoms with van der Waals surface area (Å²) in [6.07, 6.45) is 13.0. The second-order valence-electron chi connectivity index (χ2n) is 13.5. The number of carbonyl (C=O) groups excluding carboxylic acids is 3. The van der Waals surface area contributed by atoms with Gasteiger partial charge in [-0.05, 0) is 136 Å². The first-order valence-corrected chi connectivity index (χ1v) is 18.0. The fourth-order valence-electron chi connectivity index (χ4n) is 6.88. The van der Waals surface area contributed by atoms with Crippen LogP contribution in [-0.2, 0) is 4.79 Å². The second kappa shape index (κ2) is 17.4. The van der Waals surface area contributed by atoms with Crippen molar-refractivity contribution in [3.05, 3.63) is 168 Å². The molecule has 4 aromatic carbocycles. The number of nitrogens with zero attached hydrogens (tertiary/aromatic N) is 4. The third kappa shape index (κ3) is 8.11. The predicted molar refractivity (Wildman–Crippen MR) is 230 cm³/mol. The van der Waals surface area contributed by atoms with E-state index in [0.717, 1.165) is 67.0 Å². The Bertz CT molecular complexity index is 2520. The zero-order valence-corrected chi connectivity index (χ0v) is 32.6. The van der Waals surface area contributed by atoms with Crippen molar-refractivity contribution in [2.45, 2.75) is 41.5 Å². The number of aromatic nitrogens is 2. The Labute approximate surface area is 323 Å². The van der Waals surface area contributed by atoms with Gasteiger partial charge in [-0.15, -0.1) is 6.58 Å². The fourth-order valence-corrected chi connectivity index (χ4v) is 6.88. The van der Waals surface area contributed by atoms with E-state index in [4.69, 9.17) is 0 Å². The number of anilines is 1. The van der Waals surface area contributed by atoms with Crippen LogP contribution in [0.1, 0.15) is 63.7 Å². The van der Waals surface area contributed by atoms with Gasteiger partial charge in [-0.2, -0.15) is 0 Å². The summed E-state index contributed by atoms with van der Waals surface area (Å²) in [5, 5.41) is 2.04. The molecule has 0 spiro atoms. The Hall–Kier alpha value is -6.73. The van der Waals surface area contributed by atoms with Crippen molar-refractivity contribution < 1.29 is 14.4 Å². The Kier molecular flexibility index (Phi) is 12.5. The molecule has 1 aliphatic heterocycles. The highest BCUT2D eigenvalue weighted by Gasteiger charge is 2.40. The molecule has 0 unspecified atom stereocenters. The number of imide groups is 1. The van der Waals surface area contributed by atoms with Crippen LogP contribution in [-0.4, -0.2) is 40.9 Å². The van der Waals surface area contributed by atoms with E-state index in [1.165, 1.54) is 16.5 Å². The molecule has 0 N–H and O–H groups in total. The number of aliphatic imine (C=N–C) groups is 1. The van der Waals surface area contributed by atoms with Crippen molar-refractivity contribution in [3.8, 4) is 16.8 Å². The highest BCUT2D eigenvalue weighted by Crippen LogP contribution is 2.41. The Balaban J connectivity index is 0.000000582. The molecule has 3 heterocycles. The minimum atomic E-state index is -0.318. The molecule has 276 valence electrons. The summed E-state index contributed by atoms with van der Waals surface area (Å²) in [6.45, 7) is 19.2. The summed E-state index contributed by atoms with van der Waals surface area (Å²) in [6, 6.07) is 26.2. The highest BCUT2D eigenvalue weighted by molar-refractivity contribution is 6.36. The molecular weight excluding hydrogens is 681 g/mol. The third-order valence-corrected chi connectivity index (χ3v) is 9.00. The number of hydrogen-bond donors (Lipinski definition) is 0. The molecule has 1 aliphatic rings. The normalized spacial score (nSPS) is 12.5. The van der Waals surface area contributed by atoms with E-state index in [2.05, 4.69) is 64.1 Å². The van der Waals surface area contributed by atoms with Crippen molar-refractivity contribution in [1.82, 2.24) is 9.55 Å². The number of pyridine rings is 1. The van der Waals surface area contributed by atoms with Crippen molar-refractivity contribution in [1.29, 1.82) is 0 Å². The van der Waals surface area contributed by atoms with E-state index in [1.807, 2.05) is 83.2 Å². The molecule has 0 saturated carbocycles. The maximum absolute atomic E-state index is 14.4. The molecular formula is C48H46N4O3. The zero-order chi connectivity index (χ0) is 39.8. The molecule has 6 aromatic rings. The Morgan fingerprint density at radius 2 is 1.45 bits per heavy atom. The maximum Gasteiger partial charge on any atom is 0.268 e. The van der Waals surface area contributed by atoms with Gasteiger partial charge in [0.2, 0.25) is 0 Å². The van der Waals surface area contributed by atoms with Gasteiger partial charge in [0.05, 0.1) is 33.5 Å². The van der Waals surface area contributed by atoms with Gasteiger partial charge in [0.15, 0.2) is 0 Å². The van der Waals surface area contributed by atoms with Gasteiger partial charge in [-0.25, -0.2) is 4.90 Å². The quantitative estimate of drug-likeness (QED) is 0.0409. The van der Waals surface area contributed by atoms with Crippen molar-refractivity contribution in [2.75, 3.05) is 11.9 Å². The Morgan fingerprint density at radius 1 is 0.818 bits per heavy atom. The maximum atomic E-state index is 14.4. The first-order valence-electron chi connectivity index (χ1n) is 18.0. The predicted octanol–water partition coefficient (Wildman–Crippen LogP) is 11.2. The van der Waals surface area contributed by atoms with E-state index >= 15 is 0 Å². The number of aryl methyl sites for hydroxylation is 3. The van der Waals surface area contributed by atoms with E-state index in [-0.39, 0.29) is 11.8 Å². The fraction of sp³-hybridized carbons (Fsp3) is 0.146. The van der Waals surface area contributed by atoms with Crippen LogP contribution in [0.15, 0.2) is 139 Å². The number of rotatable bonds is 7. The summed E-state index contributed by atoms with van der Waals surface area (Å²) in [7, 11) is 1.74. The number of fused-ring (bicyclic) bond motifs is 4. The number of hydrogen-bond acceptors (Lipinski definition) is 5. The number of amides is 2. The lowest BCUT2D eigenvalue weighted by Gasteiger charge is -2.20. The summed E-state index contributed by atoms with van der Waals surface area (Å²) < 4.78 is 2.11. The van der Waals surface area contributed by atoms with E-state index in [9.17, 15) is 14.4 Å². The van der Waals surface area contributed by atoms with Crippen LogP contribution in [0.25, 0.3) is 44.2 Å². The topological polar surface area (TPSA) is 84.6 Å². The van der Waals surface area contributed by atoms with Gasteiger partial charge in [0.1, 0.15) is 6.29 Å². The highest BCUT2D eigenvalue weighted by atomic mass is 16.2. The molecule has 0 radical (unpaired) electrons. The molecule has 0 fully saturated rings. The minimum absolute atomic E-state index is 0.307.